The lowest BCUT2D eigenvalue weighted by atomic mass is 9.87. The molecule has 0 spiro atoms. The molecular weight excluding hydrogens is 276 g/mol. The van der Waals surface area contributed by atoms with E-state index in [0.29, 0.717) is 29.6 Å². The Hall–Kier alpha value is -1.43. The molecule has 0 saturated heterocycles. The molecule has 5 nitrogen and oxygen atoms in total. The van der Waals surface area contributed by atoms with Crippen molar-refractivity contribution in [1.29, 1.82) is 0 Å². The van der Waals surface area contributed by atoms with E-state index >= 15 is 0 Å². The normalized spacial score (nSPS) is 16.1. The Morgan fingerprint density at radius 1 is 1.35 bits per heavy atom. The highest BCUT2D eigenvalue weighted by Crippen LogP contribution is 2.28. The second-order valence-electron chi connectivity index (χ2n) is 5.21. The maximum Gasteiger partial charge on any atom is 0.347 e. The van der Waals surface area contributed by atoms with Crippen LogP contribution in [0.4, 0.5) is 5.13 Å². The molecule has 6 heteroatoms. The molecule has 20 heavy (non-hydrogen) atoms. The summed E-state index contributed by atoms with van der Waals surface area (Å²) in [5.74, 6) is -0.564. The number of amides is 1. The predicted octanol–water partition coefficient (Wildman–Crippen LogP) is 3.31. The fourth-order valence-corrected chi connectivity index (χ4v) is 3.54. The van der Waals surface area contributed by atoms with E-state index in [0.717, 1.165) is 24.2 Å². The van der Waals surface area contributed by atoms with Gasteiger partial charge < -0.3 is 10.4 Å². The molecule has 1 heterocycles. The van der Waals surface area contributed by atoms with Crippen molar-refractivity contribution in [2.24, 2.45) is 5.92 Å². The number of aryl methyl sites for hydroxylation is 1. The number of carbonyl (C=O) groups is 2. The number of rotatable bonds is 5. The Morgan fingerprint density at radius 3 is 2.60 bits per heavy atom. The molecule has 1 aromatic rings. The number of hydrogen-bond donors (Lipinski definition) is 2. The molecule has 0 bridgehead atoms. The fraction of sp³-hybridized carbons (Fsp3) is 0.643. The van der Waals surface area contributed by atoms with Crippen LogP contribution in [-0.4, -0.2) is 22.0 Å². The van der Waals surface area contributed by atoms with E-state index in [1.165, 1.54) is 19.3 Å². The molecule has 1 saturated carbocycles. The van der Waals surface area contributed by atoms with Gasteiger partial charge in [-0.05, 0) is 25.2 Å². The molecule has 0 unspecified atom stereocenters. The number of carbonyl (C=O) groups excluding carboxylic acids is 1. The van der Waals surface area contributed by atoms with Gasteiger partial charge >= 0.3 is 5.97 Å². The Balaban J connectivity index is 1.95. The van der Waals surface area contributed by atoms with Crippen molar-refractivity contribution in [2.75, 3.05) is 5.32 Å². The molecule has 0 aliphatic heterocycles. The Bertz CT molecular complexity index is 493. The van der Waals surface area contributed by atoms with Crippen molar-refractivity contribution in [3.8, 4) is 0 Å². The Kier molecular flexibility index (Phi) is 5.11. The number of carboxylic acid groups (broad SMARTS) is 1. The van der Waals surface area contributed by atoms with Gasteiger partial charge in [0.25, 0.3) is 0 Å². The number of aromatic carboxylic acids is 1. The average Bonchev–Trinajstić information content (AvgIpc) is 2.83. The average molecular weight is 296 g/mol. The summed E-state index contributed by atoms with van der Waals surface area (Å²) in [5, 5.41) is 12.2. The number of nitrogens with one attached hydrogen (secondary N) is 1. The lowest BCUT2D eigenvalue weighted by Crippen LogP contribution is -2.18. The van der Waals surface area contributed by atoms with E-state index in [9.17, 15) is 9.59 Å². The first-order valence-electron chi connectivity index (χ1n) is 7.13. The Morgan fingerprint density at radius 2 is 2.05 bits per heavy atom. The highest BCUT2D eigenvalue weighted by molar-refractivity contribution is 7.17. The maximum atomic E-state index is 12.0. The first kappa shape index (κ1) is 15.0. The number of thiazole rings is 1. The molecule has 2 rings (SSSR count). The molecule has 0 aromatic carbocycles. The van der Waals surface area contributed by atoms with E-state index in [2.05, 4.69) is 10.3 Å². The molecule has 1 fully saturated rings. The summed E-state index contributed by atoms with van der Waals surface area (Å²) in [6.45, 7) is 1.86. The first-order valence-corrected chi connectivity index (χ1v) is 7.94. The topological polar surface area (TPSA) is 79.3 Å². The lowest BCUT2D eigenvalue weighted by Gasteiger charge is -2.20. The van der Waals surface area contributed by atoms with Crippen LogP contribution in [0.1, 0.15) is 60.8 Å². The number of carboxylic acids is 1. The van der Waals surface area contributed by atoms with Gasteiger partial charge in [0.1, 0.15) is 4.88 Å². The van der Waals surface area contributed by atoms with Gasteiger partial charge in [0.15, 0.2) is 5.13 Å². The van der Waals surface area contributed by atoms with Crippen LogP contribution < -0.4 is 5.32 Å². The summed E-state index contributed by atoms with van der Waals surface area (Å²) in [6.07, 6.45) is 6.99. The molecule has 2 N–H and O–H groups in total. The van der Waals surface area contributed by atoms with Gasteiger partial charge in [-0.3, -0.25) is 4.79 Å². The Labute approximate surface area is 122 Å². The summed E-state index contributed by atoms with van der Waals surface area (Å²) in [7, 11) is 0. The van der Waals surface area contributed by atoms with Crippen molar-refractivity contribution < 1.29 is 14.7 Å². The molecule has 110 valence electrons. The largest absolute Gasteiger partial charge is 0.477 e. The van der Waals surface area contributed by atoms with Gasteiger partial charge in [0.05, 0.1) is 5.69 Å². The highest BCUT2D eigenvalue weighted by atomic mass is 32.1. The lowest BCUT2D eigenvalue weighted by molar-refractivity contribution is -0.117. The molecule has 1 aliphatic carbocycles. The van der Waals surface area contributed by atoms with Gasteiger partial charge in [-0.1, -0.05) is 37.5 Å². The van der Waals surface area contributed by atoms with Crippen LogP contribution in [0, 0.1) is 5.92 Å². The van der Waals surface area contributed by atoms with Gasteiger partial charge in [0.2, 0.25) is 5.91 Å². The zero-order valence-corrected chi connectivity index (χ0v) is 12.5. The van der Waals surface area contributed by atoms with Crippen LogP contribution in [0.15, 0.2) is 0 Å². The minimum atomic E-state index is -0.980. The van der Waals surface area contributed by atoms with Crippen LogP contribution in [0.5, 0.6) is 0 Å². The first-order chi connectivity index (χ1) is 9.60. The van der Waals surface area contributed by atoms with Crippen LogP contribution in [-0.2, 0) is 11.2 Å². The fourth-order valence-electron chi connectivity index (χ4n) is 2.64. The van der Waals surface area contributed by atoms with E-state index in [1.807, 2.05) is 6.92 Å². The monoisotopic (exact) mass is 296 g/mol. The summed E-state index contributed by atoms with van der Waals surface area (Å²) in [6, 6.07) is 0. The summed E-state index contributed by atoms with van der Waals surface area (Å²) < 4.78 is 0. The minimum absolute atomic E-state index is 0.0507. The second kappa shape index (κ2) is 6.83. The van der Waals surface area contributed by atoms with Crippen molar-refractivity contribution in [3.63, 3.8) is 0 Å². The van der Waals surface area contributed by atoms with Crippen LogP contribution >= 0.6 is 11.3 Å². The smallest absolute Gasteiger partial charge is 0.347 e. The van der Waals surface area contributed by atoms with Crippen LogP contribution in [0.3, 0.4) is 0 Å². The van der Waals surface area contributed by atoms with Crippen LogP contribution in [0.2, 0.25) is 0 Å². The quantitative estimate of drug-likeness (QED) is 0.873. The molecule has 0 atom stereocenters. The third-order valence-electron chi connectivity index (χ3n) is 3.67. The predicted molar refractivity (Wildman–Crippen MR) is 78.3 cm³/mol. The van der Waals surface area contributed by atoms with E-state index in [1.54, 1.807) is 0 Å². The van der Waals surface area contributed by atoms with Crippen LogP contribution in [0.25, 0.3) is 0 Å². The van der Waals surface area contributed by atoms with E-state index in [4.69, 9.17) is 5.11 Å². The minimum Gasteiger partial charge on any atom is -0.477 e. The number of nitrogens with zero attached hydrogens (tertiary/aromatic N) is 1. The van der Waals surface area contributed by atoms with Crippen molar-refractivity contribution in [2.45, 2.75) is 51.9 Å². The number of anilines is 1. The standard InChI is InChI=1S/C14H20N2O3S/c1-2-10-12(13(18)19)20-14(15-10)16-11(17)8-9-6-4-3-5-7-9/h9H,2-8H2,1H3,(H,18,19)(H,15,16,17). The van der Waals surface area contributed by atoms with Crippen molar-refractivity contribution >= 4 is 28.3 Å². The number of hydrogen-bond acceptors (Lipinski definition) is 4. The highest BCUT2D eigenvalue weighted by Gasteiger charge is 2.20. The van der Waals surface area contributed by atoms with Gasteiger partial charge in [-0.2, -0.15) is 0 Å². The van der Waals surface area contributed by atoms with E-state index in [-0.39, 0.29) is 10.8 Å². The second-order valence-corrected chi connectivity index (χ2v) is 6.21. The number of aromatic nitrogens is 1. The van der Waals surface area contributed by atoms with Gasteiger partial charge in [-0.25, -0.2) is 9.78 Å². The molecular formula is C14H20N2O3S. The summed E-state index contributed by atoms with van der Waals surface area (Å²) >= 11 is 1.04. The van der Waals surface area contributed by atoms with Crippen molar-refractivity contribution in [1.82, 2.24) is 4.98 Å². The zero-order chi connectivity index (χ0) is 14.5. The third kappa shape index (κ3) is 3.79. The molecule has 1 amide bonds. The zero-order valence-electron chi connectivity index (χ0n) is 11.6. The van der Waals surface area contributed by atoms with Crippen molar-refractivity contribution in [3.05, 3.63) is 10.6 Å². The third-order valence-corrected chi connectivity index (χ3v) is 4.67. The maximum absolute atomic E-state index is 12.0. The molecule has 1 aliphatic rings. The molecule has 1 aromatic heterocycles. The summed E-state index contributed by atoms with van der Waals surface area (Å²) in [5.41, 5.74) is 0.537. The van der Waals surface area contributed by atoms with E-state index < -0.39 is 5.97 Å². The van der Waals surface area contributed by atoms with Gasteiger partial charge in [-0.15, -0.1) is 0 Å². The SMILES string of the molecule is CCc1nc(NC(=O)CC2CCCCC2)sc1C(=O)O. The summed E-state index contributed by atoms with van der Waals surface area (Å²) in [4.78, 5) is 27.4. The van der Waals surface area contributed by atoms with Gasteiger partial charge in [0, 0.05) is 6.42 Å². The molecule has 0 radical (unpaired) electrons.